The van der Waals surface area contributed by atoms with Crippen molar-refractivity contribution < 1.29 is 19.0 Å². The van der Waals surface area contributed by atoms with E-state index in [4.69, 9.17) is 14.2 Å². The third-order valence-electron chi connectivity index (χ3n) is 4.54. The van der Waals surface area contributed by atoms with Gasteiger partial charge in [0.15, 0.2) is 5.69 Å². The molecule has 0 amide bonds. The molecule has 26 heavy (non-hydrogen) atoms. The number of carbonyl (C=O) groups excluding carboxylic acids is 1. The minimum Gasteiger partial charge on any atom is -0.492 e. The van der Waals surface area contributed by atoms with Gasteiger partial charge in [0.2, 0.25) is 0 Å². The van der Waals surface area contributed by atoms with E-state index in [1.165, 1.54) is 7.11 Å². The van der Waals surface area contributed by atoms with Crippen LogP contribution in [0.4, 0.5) is 0 Å². The van der Waals surface area contributed by atoms with Gasteiger partial charge in [-0.2, -0.15) is 5.10 Å². The Morgan fingerprint density at radius 3 is 2.81 bits per heavy atom. The third kappa shape index (κ3) is 4.42. The van der Waals surface area contributed by atoms with Crippen LogP contribution < -0.4 is 4.74 Å². The Bertz CT molecular complexity index is 725. The lowest BCUT2D eigenvalue weighted by Crippen LogP contribution is -2.38. The van der Waals surface area contributed by atoms with Crippen molar-refractivity contribution in [2.75, 3.05) is 46.6 Å². The standard InChI is InChI=1S/C19H25N3O4/c1-15(22-8-7-17(20-22)19(23)24-2)16-5-3-4-6-18(16)26-14-11-21-9-12-25-13-10-21/h3-8,15H,9-14H2,1-2H3. The van der Waals surface area contributed by atoms with Gasteiger partial charge in [0, 0.05) is 31.4 Å². The van der Waals surface area contributed by atoms with Crippen LogP contribution in [-0.2, 0) is 9.47 Å². The summed E-state index contributed by atoms with van der Waals surface area (Å²) in [5, 5.41) is 4.32. The van der Waals surface area contributed by atoms with Crippen LogP contribution in [0.25, 0.3) is 0 Å². The zero-order valence-corrected chi connectivity index (χ0v) is 15.3. The molecule has 7 nitrogen and oxygen atoms in total. The molecule has 0 bridgehead atoms. The normalized spacial score (nSPS) is 16.2. The summed E-state index contributed by atoms with van der Waals surface area (Å²) in [4.78, 5) is 13.9. The van der Waals surface area contributed by atoms with Gasteiger partial charge < -0.3 is 14.2 Å². The van der Waals surface area contributed by atoms with Gasteiger partial charge in [-0.05, 0) is 19.1 Å². The summed E-state index contributed by atoms with van der Waals surface area (Å²) in [7, 11) is 1.35. The predicted octanol–water partition coefficient (Wildman–Crippen LogP) is 1.99. The molecule has 1 unspecified atom stereocenters. The minimum atomic E-state index is -0.439. The smallest absolute Gasteiger partial charge is 0.358 e. The second-order valence-corrected chi connectivity index (χ2v) is 6.19. The molecule has 1 aromatic carbocycles. The molecule has 1 aromatic heterocycles. The van der Waals surface area contributed by atoms with E-state index >= 15 is 0 Å². The van der Waals surface area contributed by atoms with Crippen LogP contribution in [0.2, 0.25) is 0 Å². The summed E-state index contributed by atoms with van der Waals surface area (Å²) in [5.41, 5.74) is 1.32. The number of carbonyl (C=O) groups is 1. The zero-order chi connectivity index (χ0) is 18.4. The van der Waals surface area contributed by atoms with E-state index in [9.17, 15) is 4.79 Å². The molecule has 1 atom stereocenters. The van der Waals surface area contributed by atoms with E-state index in [-0.39, 0.29) is 6.04 Å². The molecule has 1 aliphatic heterocycles. The molecular formula is C19H25N3O4. The largest absolute Gasteiger partial charge is 0.492 e. The van der Waals surface area contributed by atoms with Gasteiger partial charge in [0.05, 0.1) is 26.4 Å². The number of hydrogen-bond acceptors (Lipinski definition) is 6. The number of nitrogens with zero attached hydrogens (tertiary/aromatic N) is 3. The Morgan fingerprint density at radius 1 is 1.27 bits per heavy atom. The molecule has 7 heteroatoms. The first-order chi connectivity index (χ1) is 12.7. The van der Waals surface area contributed by atoms with E-state index in [2.05, 4.69) is 10.00 Å². The number of benzene rings is 1. The highest BCUT2D eigenvalue weighted by atomic mass is 16.5. The second-order valence-electron chi connectivity index (χ2n) is 6.19. The first-order valence-corrected chi connectivity index (χ1v) is 8.84. The highest BCUT2D eigenvalue weighted by Gasteiger charge is 2.17. The summed E-state index contributed by atoms with van der Waals surface area (Å²) in [6.07, 6.45) is 1.78. The fraction of sp³-hybridized carbons (Fsp3) is 0.474. The molecule has 1 saturated heterocycles. The third-order valence-corrected chi connectivity index (χ3v) is 4.54. The van der Waals surface area contributed by atoms with Crippen LogP contribution in [-0.4, -0.2) is 67.2 Å². The highest BCUT2D eigenvalue weighted by Crippen LogP contribution is 2.27. The van der Waals surface area contributed by atoms with E-state index in [0.29, 0.717) is 12.3 Å². The molecule has 1 fully saturated rings. The number of esters is 1. The lowest BCUT2D eigenvalue weighted by molar-refractivity contribution is 0.0322. The number of rotatable bonds is 7. The Morgan fingerprint density at radius 2 is 2.04 bits per heavy atom. The monoisotopic (exact) mass is 359 g/mol. The molecule has 140 valence electrons. The summed E-state index contributed by atoms with van der Waals surface area (Å²) in [6, 6.07) is 9.52. The summed E-state index contributed by atoms with van der Waals surface area (Å²) < 4.78 is 17.9. The number of para-hydroxylation sites is 1. The topological polar surface area (TPSA) is 65.8 Å². The SMILES string of the molecule is COC(=O)c1ccn(C(C)c2ccccc2OCCN2CCOCC2)n1. The van der Waals surface area contributed by atoms with Crippen LogP contribution >= 0.6 is 0 Å². The van der Waals surface area contributed by atoms with Crippen LogP contribution in [0.5, 0.6) is 5.75 Å². The van der Waals surface area contributed by atoms with Crippen molar-refractivity contribution in [1.82, 2.24) is 14.7 Å². The Labute approximate surface area is 153 Å². The van der Waals surface area contributed by atoms with E-state index < -0.39 is 5.97 Å². The molecule has 0 aliphatic carbocycles. The van der Waals surface area contributed by atoms with Gasteiger partial charge in [-0.25, -0.2) is 4.79 Å². The van der Waals surface area contributed by atoms with Crippen LogP contribution in [0.3, 0.4) is 0 Å². The maximum absolute atomic E-state index is 11.6. The van der Waals surface area contributed by atoms with E-state index in [1.807, 2.05) is 31.2 Å². The van der Waals surface area contributed by atoms with Crippen molar-refractivity contribution in [3.05, 3.63) is 47.8 Å². The van der Waals surface area contributed by atoms with Crippen molar-refractivity contribution in [2.24, 2.45) is 0 Å². The maximum atomic E-state index is 11.6. The Kier molecular flexibility index (Phi) is 6.25. The molecule has 0 spiro atoms. The van der Waals surface area contributed by atoms with Gasteiger partial charge in [0.1, 0.15) is 12.4 Å². The van der Waals surface area contributed by atoms with Gasteiger partial charge in [0.25, 0.3) is 0 Å². The van der Waals surface area contributed by atoms with E-state index in [1.54, 1.807) is 16.9 Å². The Hall–Kier alpha value is -2.38. The van der Waals surface area contributed by atoms with Crippen molar-refractivity contribution in [3.63, 3.8) is 0 Å². The van der Waals surface area contributed by atoms with Crippen molar-refractivity contribution in [1.29, 1.82) is 0 Å². The molecule has 2 heterocycles. The molecular weight excluding hydrogens is 334 g/mol. The fourth-order valence-electron chi connectivity index (χ4n) is 2.98. The van der Waals surface area contributed by atoms with Crippen LogP contribution in [0.1, 0.15) is 29.0 Å². The molecule has 1 aliphatic rings. The van der Waals surface area contributed by atoms with Gasteiger partial charge in [-0.3, -0.25) is 9.58 Å². The highest BCUT2D eigenvalue weighted by molar-refractivity contribution is 5.86. The van der Waals surface area contributed by atoms with Crippen molar-refractivity contribution in [3.8, 4) is 5.75 Å². The van der Waals surface area contributed by atoms with Gasteiger partial charge in [-0.1, -0.05) is 18.2 Å². The predicted molar refractivity (Wildman–Crippen MR) is 96.6 cm³/mol. The number of morpholine rings is 1. The lowest BCUT2D eigenvalue weighted by Gasteiger charge is -2.26. The maximum Gasteiger partial charge on any atom is 0.358 e. The molecule has 3 rings (SSSR count). The average molecular weight is 359 g/mol. The van der Waals surface area contributed by atoms with Crippen LogP contribution in [0, 0.1) is 0 Å². The van der Waals surface area contributed by atoms with Crippen molar-refractivity contribution in [2.45, 2.75) is 13.0 Å². The summed E-state index contributed by atoms with van der Waals surface area (Å²) in [5.74, 6) is 0.398. The first-order valence-electron chi connectivity index (χ1n) is 8.84. The number of ether oxygens (including phenoxy) is 3. The quantitative estimate of drug-likeness (QED) is 0.705. The Balaban J connectivity index is 1.65. The van der Waals surface area contributed by atoms with E-state index in [0.717, 1.165) is 44.2 Å². The number of methoxy groups -OCH3 is 1. The lowest BCUT2D eigenvalue weighted by atomic mass is 10.1. The molecule has 2 aromatic rings. The van der Waals surface area contributed by atoms with Gasteiger partial charge >= 0.3 is 5.97 Å². The summed E-state index contributed by atoms with van der Waals surface area (Å²) >= 11 is 0. The number of hydrogen-bond donors (Lipinski definition) is 0. The second kappa shape index (κ2) is 8.82. The summed E-state index contributed by atoms with van der Waals surface area (Å²) in [6.45, 7) is 7.00. The molecule has 0 radical (unpaired) electrons. The van der Waals surface area contributed by atoms with Crippen molar-refractivity contribution >= 4 is 5.97 Å². The zero-order valence-electron chi connectivity index (χ0n) is 15.3. The fourth-order valence-corrected chi connectivity index (χ4v) is 2.98. The van der Waals surface area contributed by atoms with Gasteiger partial charge in [-0.15, -0.1) is 0 Å². The number of aromatic nitrogens is 2. The molecule has 0 N–H and O–H groups in total. The first kappa shape index (κ1) is 18.4. The van der Waals surface area contributed by atoms with Crippen LogP contribution in [0.15, 0.2) is 36.5 Å². The minimum absolute atomic E-state index is 0.0620. The average Bonchev–Trinajstić information content (AvgIpc) is 3.18. The molecule has 0 saturated carbocycles.